The lowest BCUT2D eigenvalue weighted by Crippen LogP contribution is -2.35. The lowest BCUT2D eigenvalue weighted by atomic mass is 10.1. The van der Waals surface area contributed by atoms with Gasteiger partial charge in [0.15, 0.2) is 0 Å². The fraction of sp³-hybridized carbons (Fsp3) is 0.474. The van der Waals surface area contributed by atoms with Gasteiger partial charge < -0.3 is 15.4 Å². The van der Waals surface area contributed by atoms with Crippen molar-refractivity contribution in [2.75, 3.05) is 18.5 Å². The van der Waals surface area contributed by atoms with E-state index in [0.717, 1.165) is 36.5 Å². The topological polar surface area (TPSA) is 68.2 Å². The Hall–Kier alpha value is -2.34. The fourth-order valence-corrected chi connectivity index (χ4v) is 3.15. The minimum Gasteiger partial charge on any atom is -0.376 e. The van der Waals surface area contributed by atoms with Crippen LogP contribution in [-0.2, 0) is 11.3 Å². The molecule has 0 bridgehead atoms. The monoisotopic (exact) mass is 342 g/mol. The molecule has 1 aliphatic rings. The predicted octanol–water partition coefficient (Wildman–Crippen LogP) is 3.16. The van der Waals surface area contributed by atoms with Crippen molar-refractivity contribution in [1.82, 2.24) is 15.1 Å². The summed E-state index contributed by atoms with van der Waals surface area (Å²) >= 11 is 0. The van der Waals surface area contributed by atoms with Gasteiger partial charge in [-0.15, -0.1) is 0 Å². The lowest BCUT2D eigenvalue weighted by molar-refractivity contribution is 0.112. The zero-order chi connectivity index (χ0) is 17.8. The Kier molecular flexibility index (Phi) is 5.38. The SMILES string of the molecule is Cc1ccccc1Cn1nc(C)c(NC(=O)NC[C@@H]2CCCO2)c1C. The van der Waals surface area contributed by atoms with Gasteiger partial charge in [0.25, 0.3) is 0 Å². The number of carbonyl (C=O) groups is 1. The van der Waals surface area contributed by atoms with Gasteiger partial charge in [0, 0.05) is 13.2 Å². The van der Waals surface area contributed by atoms with Gasteiger partial charge >= 0.3 is 6.03 Å². The Morgan fingerprint density at radius 1 is 1.32 bits per heavy atom. The Morgan fingerprint density at radius 3 is 2.84 bits per heavy atom. The first-order valence-electron chi connectivity index (χ1n) is 8.79. The summed E-state index contributed by atoms with van der Waals surface area (Å²) in [6, 6.07) is 8.06. The maximum atomic E-state index is 12.2. The second-order valence-electron chi connectivity index (χ2n) is 6.60. The molecular weight excluding hydrogens is 316 g/mol. The summed E-state index contributed by atoms with van der Waals surface area (Å²) in [4.78, 5) is 12.2. The van der Waals surface area contributed by atoms with E-state index in [2.05, 4.69) is 34.8 Å². The van der Waals surface area contributed by atoms with E-state index in [1.165, 1.54) is 11.1 Å². The molecule has 1 fully saturated rings. The summed E-state index contributed by atoms with van der Waals surface area (Å²) in [5.41, 5.74) is 5.01. The number of urea groups is 1. The van der Waals surface area contributed by atoms with Crippen LogP contribution in [0.5, 0.6) is 0 Å². The van der Waals surface area contributed by atoms with E-state index >= 15 is 0 Å². The molecule has 1 aliphatic heterocycles. The number of ether oxygens (including phenoxy) is 1. The van der Waals surface area contributed by atoms with Crippen molar-refractivity contribution in [3.63, 3.8) is 0 Å². The quantitative estimate of drug-likeness (QED) is 0.877. The van der Waals surface area contributed by atoms with E-state index in [4.69, 9.17) is 4.74 Å². The summed E-state index contributed by atoms with van der Waals surface area (Å²) < 4.78 is 7.46. The first-order valence-corrected chi connectivity index (χ1v) is 8.79. The summed E-state index contributed by atoms with van der Waals surface area (Å²) in [6.07, 6.45) is 2.21. The number of hydrogen-bond acceptors (Lipinski definition) is 3. The van der Waals surface area contributed by atoms with Crippen LogP contribution in [0.1, 0.15) is 35.4 Å². The number of nitrogens with one attached hydrogen (secondary N) is 2. The Morgan fingerprint density at radius 2 is 2.12 bits per heavy atom. The zero-order valence-electron chi connectivity index (χ0n) is 15.1. The van der Waals surface area contributed by atoms with Crippen LogP contribution >= 0.6 is 0 Å². The number of hydrogen-bond donors (Lipinski definition) is 2. The first kappa shape index (κ1) is 17.5. The second-order valence-corrected chi connectivity index (χ2v) is 6.60. The molecule has 1 saturated heterocycles. The molecular formula is C19H26N4O2. The van der Waals surface area contributed by atoms with Gasteiger partial charge in [-0.05, 0) is 44.7 Å². The number of anilines is 1. The summed E-state index contributed by atoms with van der Waals surface area (Å²) in [6.45, 7) is 8.02. The van der Waals surface area contributed by atoms with Crippen molar-refractivity contribution in [2.45, 2.75) is 46.3 Å². The lowest BCUT2D eigenvalue weighted by Gasteiger charge is -2.12. The molecule has 2 aromatic rings. The smallest absolute Gasteiger partial charge is 0.319 e. The number of rotatable bonds is 5. The molecule has 0 unspecified atom stereocenters. The Balaban J connectivity index is 1.65. The van der Waals surface area contributed by atoms with E-state index in [1.54, 1.807) is 0 Å². The molecule has 1 aromatic heterocycles. The molecule has 0 spiro atoms. The van der Waals surface area contributed by atoms with Crippen molar-refractivity contribution >= 4 is 11.7 Å². The first-order chi connectivity index (χ1) is 12.0. The molecule has 1 aromatic carbocycles. The molecule has 2 heterocycles. The van der Waals surface area contributed by atoms with Crippen molar-refractivity contribution in [3.05, 3.63) is 46.8 Å². The van der Waals surface area contributed by atoms with E-state index in [1.807, 2.05) is 30.7 Å². The standard InChI is InChI=1S/C19H26N4O2/c1-13-7-4-5-8-16(13)12-23-15(3)18(14(2)22-23)21-19(24)20-11-17-9-6-10-25-17/h4-5,7-8,17H,6,9-12H2,1-3H3,(H2,20,21,24)/t17-/m0/s1. The molecule has 2 N–H and O–H groups in total. The van der Waals surface area contributed by atoms with Crippen LogP contribution in [0.25, 0.3) is 0 Å². The van der Waals surface area contributed by atoms with Crippen molar-refractivity contribution in [2.24, 2.45) is 0 Å². The van der Waals surface area contributed by atoms with Crippen LogP contribution in [0.15, 0.2) is 24.3 Å². The second kappa shape index (κ2) is 7.70. The van der Waals surface area contributed by atoms with Crippen molar-refractivity contribution < 1.29 is 9.53 Å². The third-order valence-electron chi connectivity index (χ3n) is 4.72. The summed E-state index contributed by atoms with van der Waals surface area (Å²) in [7, 11) is 0. The highest BCUT2D eigenvalue weighted by Gasteiger charge is 2.18. The van der Waals surface area contributed by atoms with Gasteiger partial charge in [-0.3, -0.25) is 4.68 Å². The molecule has 1 atom stereocenters. The summed E-state index contributed by atoms with van der Waals surface area (Å²) in [5.74, 6) is 0. The number of carbonyl (C=O) groups excluding carboxylic acids is 1. The van der Waals surface area contributed by atoms with Gasteiger partial charge in [0.2, 0.25) is 0 Å². The number of amides is 2. The zero-order valence-corrected chi connectivity index (χ0v) is 15.1. The Bertz CT molecular complexity index is 748. The molecule has 0 saturated carbocycles. The third-order valence-corrected chi connectivity index (χ3v) is 4.72. The molecule has 2 amide bonds. The van der Waals surface area contributed by atoms with Crippen LogP contribution in [0, 0.1) is 20.8 Å². The Labute approximate surface area is 148 Å². The van der Waals surface area contributed by atoms with Gasteiger partial charge in [-0.2, -0.15) is 5.10 Å². The van der Waals surface area contributed by atoms with Crippen LogP contribution in [0.3, 0.4) is 0 Å². The molecule has 25 heavy (non-hydrogen) atoms. The van der Waals surface area contributed by atoms with E-state index in [-0.39, 0.29) is 12.1 Å². The van der Waals surface area contributed by atoms with E-state index in [0.29, 0.717) is 13.1 Å². The average Bonchev–Trinajstić information content (AvgIpc) is 3.19. The van der Waals surface area contributed by atoms with E-state index < -0.39 is 0 Å². The molecule has 0 aliphatic carbocycles. The number of nitrogens with zero attached hydrogens (tertiary/aromatic N) is 2. The maximum absolute atomic E-state index is 12.2. The van der Waals surface area contributed by atoms with Gasteiger partial charge in [0.1, 0.15) is 0 Å². The van der Waals surface area contributed by atoms with Gasteiger partial charge in [0.05, 0.1) is 29.7 Å². The molecule has 134 valence electrons. The van der Waals surface area contributed by atoms with Gasteiger partial charge in [-0.25, -0.2) is 4.79 Å². The van der Waals surface area contributed by atoms with Crippen molar-refractivity contribution in [1.29, 1.82) is 0 Å². The highest BCUT2D eigenvalue weighted by molar-refractivity contribution is 5.90. The number of aromatic nitrogens is 2. The highest BCUT2D eigenvalue weighted by atomic mass is 16.5. The highest BCUT2D eigenvalue weighted by Crippen LogP contribution is 2.21. The molecule has 6 heteroatoms. The molecule has 3 rings (SSSR count). The number of benzene rings is 1. The minimum atomic E-state index is -0.211. The van der Waals surface area contributed by atoms with Crippen LogP contribution < -0.4 is 10.6 Å². The molecule has 0 radical (unpaired) electrons. The third kappa shape index (κ3) is 4.20. The average molecular weight is 342 g/mol. The largest absolute Gasteiger partial charge is 0.376 e. The minimum absolute atomic E-state index is 0.136. The normalized spacial score (nSPS) is 16.8. The number of aryl methyl sites for hydroxylation is 2. The fourth-order valence-electron chi connectivity index (χ4n) is 3.15. The van der Waals surface area contributed by atoms with Crippen molar-refractivity contribution in [3.8, 4) is 0 Å². The van der Waals surface area contributed by atoms with Gasteiger partial charge in [-0.1, -0.05) is 24.3 Å². The van der Waals surface area contributed by atoms with Crippen LogP contribution in [-0.4, -0.2) is 35.1 Å². The van der Waals surface area contributed by atoms with Crippen LogP contribution in [0.2, 0.25) is 0 Å². The van der Waals surface area contributed by atoms with E-state index in [9.17, 15) is 4.79 Å². The maximum Gasteiger partial charge on any atom is 0.319 e. The van der Waals surface area contributed by atoms with Crippen LogP contribution in [0.4, 0.5) is 10.5 Å². The summed E-state index contributed by atoms with van der Waals surface area (Å²) in [5, 5.41) is 10.4. The molecule has 6 nitrogen and oxygen atoms in total. The predicted molar refractivity (Wildman–Crippen MR) is 98.0 cm³/mol.